The van der Waals surface area contributed by atoms with Crippen LogP contribution in [0.15, 0.2) is 18.3 Å². The minimum absolute atomic E-state index is 0.0421. The zero-order valence-electron chi connectivity index (χ0n) is 13.3. The summed E-state index contributed by atoms with van der Waals surface area (Å²) in [5.74, 6) is 0.664. The summed E-state index contributed by atoms with van der Waals surface area (Å²) in [6.45, 7) is 6.75. The molecular weight excluding hydrogens is 282 g/mol. The van der Waals surface area contributed by atoms with Gasteiger partial charge in [-0.3, -0.25) is 9.59 Å². The number of likely N-dealkylation sites (tertiary alicyclic amines) is 1. The maximum absolute atomic E-state index is 11.9. The zero-order valence-corrected chi connectivity index (χ0v) is 13.3. The third kappa shape index (κ3) is 4.44. The first-order chi connectivity index (χ1) is 10.5. The second-order valence-electron chi connectivity index (χ2n) is 5.86. The third-order valence-electron chi connectivity index (χ3n) is 3.59. The number of aromatic nitrogens is 1. The van der Waals surface area contributed by atoms with E-state index in [0.29, 0.717) is 11.6 Å². The van der Waals surface area contributed by atoms with E-state index in [1.54, 1.807) is 18.3 Å². The van der Waals surface area contributed by atoms with E-state index in [9.17, 15) is 9.59 Å². The van der Waals surface area contributed by atoms with Gasteiger partial charge < -0.3 is 15.0 Å². The number of carbonyl (C=O) groups excluding carboxylic acids is 2. The van der Waals surface area contributed by atoms with Crippen molar-refractivity contribution in [2.45, 2.75) is 39.7 Å². The SMILES string of the molecule is CC(=O)Nc1ccc(OC2CCN(C(=O)C(C)C)CC2)nc1. The molecule has 6 nitrogen and oxygen atoms in total. The summed E-state index contributed by atoms with van der Waals surface area (Å²) < 4.78 is 5.84. The Kier molecular flexibility index (Phi) is 5.35. The summed E-state index contributed by atoms with van der Waals surface area (Å²) in [6.07, 6.45) is 3.28. The molecule has 0 atom stereocenters. The number of amides is 2. The second kappa shape index (κ2) is 7.24. The lowest BCUT2D eigenvalue weighted by Crippen LogP contribution is -2.43. The number of ether oxygens (including phenoxy) is 1. The van der Waals surface area contributed by atoms with Crippen LogP contribution in [0.2, 0.25) is 0 Å². The Morgan fingerprint density at radius 3 is 2.50 bits per heavy atom. The normalized spacial score (nSPS) is 15.7. The van der Waals surface area contributed by atoms with E-state index in [-0.39, 0.29) is 23.8 Å². The van der Waals surface area contributed by atoms with E-state index in [1.165, 1.54) is 6.92 Å². The fourth-order valence-corrected chi connectivity index (χ4v) is 2.46. The molecule has 1 fully saturated rings. The number of rotatable bonds is 4. The van der Waals surface area contributed by atoms with E-state index >= 15 is 0 Å². The zero-order chi connectivity index (χ0) is 16.1. The first-order valence-electron chi connectivity index (χ1n) is 7.65. The highest BCUT2D eigenvalue weighted by Crippen LogP contribution is 2.19. The topological polar surface area (TPSA) is 71.5 Å². The van der Waals surface area contributed by atoms with Gasteiger partial charge >= 0.3 is 0 Å². The fourth-order valence-electron chi connectivity index (χ4n) is 2.46. The maximum Gasteiger partial charge on any atom is 0.225 e. The van der Waals surface area contributed by atoms with Crippen molar-refractivity contribution in [3.05, 3.63) is 18.3 Å². The van der Waals surface area contributed by atoms with Gasteiger partial charge in [0.15, 0.2) is 0 Å². The van der Waals surface area contributed by atoms with Gasteiger partial charge in [0, 0.05) is 44.8 Å². The van der Waals surface area contributed by atoms with Crippen molar-refractivity contribution in [1.82, 2.24) is 9.88 Å². The van der Waals surface area contributed by atoms with Crippen LogP contribution in [-0.4, -0.2) is 40.9 Å². The monoisotopic (exact) mass is 305 g/mol. The quantitative estimate of drug-likeness (QED) is 0.924. The van der Waals surface area contributed by atoms with E-state index in [1.807, 2.05) is 18.7 Å². The number of piperidine rings is 1. The van der Waals surface area contributed by atoms with Gasteiger partial charge in [-0.25, -0.2) is 4.98 Å². The Hall–Kier alpha value is -2.11. The minimum Gasteiger partial charge on any atom is -0.474 e. The molecule has 120 valence electrons. The average molecular weight is 305 g/mol. The Bertz CT molecular complexity index is 520. The Morgan fingerprint density at radius 2 is 2.00 bits per heavy atom. The lowest BCUT2D eigenvalue weighted by Gasteiger charge is -2.33. The third-order valence-corrected chi connectivity index (χ3v) is 3.59. The Balaban J connectivity index is 1.83. The standard InChI is InChI=1S/C16H23N3O3/c1-11(2)16(21)19-8-6-14(7-9-19)22-15-5-4-13(10-17-15)18-12(3)20/h4-5,10-11,14H,6-9H2,1-3H3,(H,18,20). The van der Waals surface area contributed by atoms with Crippen LogP contribution in [0.3, 0.4) is 0 Å². The van der Waals surface area contributed by atoms with Crippen LogP contribution < -0.4 is 10.1 Å². The van der Waals surface area contributed by atoms with Gasteiger partial charge in [0.2, 0.25) is 17.7 Å². The van der Waals surface area contributed by atoms with Crippen LogP contribution in [-0.2, 0) is 9.59 Å². The van der Waals surface area contributed by atoms with Crippen LogP contribution in [0.5, 0.6) is 5.88 Å². The van der Waals surface area contributed by atoms with Crippen LogP contribution >= 0.6 is 0 Å². The number of nitrogens with one attached hydrogen (secondary N) is 1. The largest absolute Gasteiger partial charge is 0.474 e. The molecule has 1 aromatic heterocycles. The van der Waals surface area contributed by atoms with Crippen LogP contribution in [0, 0.1) is 5.92 Å². The molecule has 2 heterocycles. The highest BCUT2D eigenvalue weighted by Gasteiger charge is 2.25. The molecule has 0 aromatic carbocycles. The van der Waals surface area contributed by atoms with Crippen molar-refractivity contribution < 1.29 is 14.3 Å². The molecule has 1 aromatic rings. The molecule has 1 aliphatic rings. The lowest BCUT2D eigenvalue weighted by atomic mass is 10.1. The molecule has 22 heavy (non-hydrogen) atoms. The number of pyridine rings is 1. The number of hydrogen-bond acceptors (Lipinski definition) is 4. The second-order valence-corrected chi connectivity index (χ2v) is 5.86. The molecule has 2 rings (SSSR count). The van der Waals surface area contributed by atoms with Crippen molar-refractivity contribution in [2.24, 2.45) is 5.92 Å². The predicted molar refractivity (Wildman–Crippen MR) is 83.6 cm³/mol. The van der Waals surface area contributed by atoms with Crippen molar-refractivity contribution in [3.8, 4) is 5.88 Å². The number of anilines is 1. The molecule has 0 saturated carbocycles. The molecule has 6 heteroatoms. The Morgan fingerprint density at radius 1 is 1.32 bits per heavy atom. The van der Waals surface area contributed by atoms with Gasteiger partial charge in [-0.15, -0.1) is 0 Å². The molecule has 0 spiro atoms. The molecule has 0 aliphatic carbocycles. The number of hydrogen-bond donors (Lipinski definition) is 1. The fraction of sp³-hybridized carbons (Fsp3) is 0.562. The molecular formula is C16H23N3O3. The van der Waals surface area contributed by atoms with Crippen LogP contribution in [0.4, 0.5) is 5.69 Å². The highest BCUT2D eigenvalue weighted by atomic mass is 16.5. The van der Waals surface area contributed by atoms with Crippen LogP contribution in [0.25, 0.3) is 0 Å². The minimum atomic E-state index is -0.127. The lowest BCUT2D eigenvalue weighted by molar-refractivity contribution is -0.136. The summed E-state index contributed by atoms with van der Waals surface area (Å²) in [5, 5.41) is 2.66. The van der Waals surface area contributed by atoms with Gasteiger partial charge in [-0.1, -0.05) is 13.8 Å². The van der Waals surface area contributed by atoms with Crippen molar-refractivity contribution in [2.75, 3.05) is 18.4 Å². The summed E-state index contributed by atoms with van der Waals surface area (Å²) in [5.41, 5.74) is 0.650. The highest BCUT2D eigenvalue weighted by molar-refractivity contribution is 5.88. The van der Waals surface area contributed by atoms with Crippen molar-refractivity contribution in [3.63, 3.8) is 0 Å². The molecule has 0 bridgehead atoms. The van der Waals surface area contributed by atoms with Gasteiger partial charge in [0.1, 0.15) is 6.10 Å². The van der Waals surface area contributed by atoms with E-state index in [0.717, 1.165) is 25.9 Å². The first-order valence-corrected chi connectivity index (χ1v) is 7.65. The van der Waals surface area contributed by atoms with Gasteiger partial charge in [-0.2, -0.15) is 0 Å². The summed E-state index contributed by atoms with van der Waals surface area (Å²) in [6, 6.07) is 3.51. The van der Waals surface area contributed by atoms with E-state index in [4.69, 9.17) is 4.74 Å². The smallest absolute Gasteiger partial charge is 0.225 e. The molecule has 0 unspecified atom stereocenters. The number of nitrogens with zero attached hydrogens (tertiary/aromatic N) is 2. The van der Waals surface area contributed by atoms with Gasteiger partial charge in [-0.05, 0) is 6.07 Å². The number of carbonyl (C=O) groups is 2. The molecule has 1 N–H and O–H groups in total. The van der Waals surface area contributed by atoms with Crippen molar-refractivity contribution in [1.29, 1.82) is 0 Å². The first kappa shape index (κ1) is 16.3. The van der Waals surface area contributed by atoms with Gasteiger partial charge in [0.25, 0.3) is 0 Å². The van der Waals surface area contributed by atoms with E-state index < -0.39 is 0 Å². The summed E-state index contributed by atoms with van der Waals surface area (Å²) >= 11 is 0. The Labute approximate surface area is 130 Å². The molecule has 1 saturated heterocycles. The predicted octanol–water partition coefficient (Wildman–Crippen LogP) is 2.07. The summed E-state index contributed by atoms with van der Waals surface area (Å²) in [4.78, 5) is 29.0. The molecule has 2 amide bonds. The maximum atomic E-state index is 11.9. The molecule has 1 aliphatic heterocycles. The van der Waals surface area contributed by atoms with Crippen LogP contribution in [0.1, 0.15) is 33.6 Å². The van der Waals surface area contributed by atoms with Crippen molar-refractivity contribution >= 4 is 17.5 Å². The molecule has 0 radical (unpaired) electrons. The van der Waals surface area contributed by atoms with E-state index in [2.05, 4.69) is 10.3 Å². The summed E-state index contributed by atoms with van der Waals surface area (Å²) in [7, 11) is 0. The van der Waals surface area contributed by atoms with Gasteiger partial charge in [0.05, 0.1) is 11.9 Å². The average Bonchev–Trinajstić information content (AvgIpc) is 2.49.